The van der Waals surface area contributed by atoms with Gasteiger partial charge in [-0.25, -0.2) is 4.99 Å². The lowest BCUT2D eigenvalue weighted by atomic mass is 9.88. The summed E-state index contributed by atoms with van der Waals surface area (Å²) in [4.78, 5) is 33.1. The van der Waals surface area contributed by atoms with E-state index in [0.717, 1.165) is 11.4 Å². The van der Waals surface area contributed by atoms with Gasteiger partial charge in [0.25, 0.3) is 0 Å². The first-order chi connectivity index (χ1) is 19.6. The van der Waals surface area contributed by atoms with E-state index >= 15 is 0 Å². The van der Waals surface area contributed by atoms with E-state index < -0.39 is 5.25 Å². The number of hydrogen-bond donors (Lipinski definition) is 1. The minimum Gasteiger partial charge on any atom is -0.497 e. The summed E-state index contributed by atoms with van der Waals surface area (Å²) in [5, 5.41) is 2.95. The molecular formula is C33H31N3O3S. The van der Waals surface area contributed by atoms with Crippen molar-refractivity contribution in [3.05, 3.63) is 126 Å². The minimum absolute atomic E-state index is 0.0668. The monoisotopic (exact) mass is 549 g/mol. The molecule has 0 saturated carbocycles. The highest BCUT2D eigenvalue weighted by Gasteiger charge is 2.39. The molecule has 7 heteroatoms. The Labute approximate surface area is 239 Å². The Morgan fingerprint density at radius 2 is 1.45 bits per heavy atom. The molecular weight excluding hydrogens is 518 g/mol. The number of carbonyl (C=O) groups excluding carboxylic acids is 2. The normalized spacial score (nSPS) is 15.9. The Kier molecular flexibility index (Phi) is 8.93. The molecule has 1 atom stereocenters. The Hall–Kier alpha value is -4.36. The van der Waals surface area contributed by atoms with Crippen LogP contribution in [0, 0.1) is 0 Å². The van der Waals surface area contributed by atoms with E-state index in [1.165, 1.54) is 22.9 Å². The molecule has 1 aliphatic heterocycles. The first-order valence-electron chi connectivity index (χ1n) is 13.3. The maximum absolute atomic E-state index is 13.7. The molecule has 1 fully saturated rings. The number of nitrogens with one attached hydrogen (secondary N) is 1. The molecule has 1 N–H and O–H groups in total. The Balaban J connectivity index is 1.38. The van der Waals surface area contributed by atoms with Gasteiger partial charge in [0, 0.05) is 24.6 Å². The molecule has 0 aromatic heterocycles. The van der Waals surface area contributed by atoms with E-state index in [4.69, 9.17) is 9.73 Å². The van der Waals surface area contributed by atoms with Crippen molar-refractivity contribution in [3.8, 4) is 5.75 Å². The molecule has 0 unspecified atom stereocenters. The van der Waals surface area contributed by atoms with Crippen LogP contribution in [0.1, 0.15) is 29.9 Å². The molecule has 0 aliphatic carbocycles. The number of methoxy groups -OCH3 is 1. The third kappa shape index (κ3) is 6.79. The zero-order valence-electron chi connectivity index (χ0n) is 22.3. The van der Waals surface area contributed by atoms with Gasteiger partial charge >= 0.3 is 0 Å². The molecule has 4 aromatic rings. The van der Waals surface area contributed by atoms with Crippen LogP contribution in [0.5, 0.6) is 5.75 Å². The van der Waals surface area contributed by atoms with E-state index in [2.05, 4.69) is 29.6 Å². The molecule has 1 heterocycles. The number of anilines is 1. The maximum atomic E-state index is 13.7. The zero-order chi connectivity index (χ0) is 27.7. The summed E-state index contributed by atoms with van der Waals surface area (Å²) < 4.78 is 5.27. The molecule has 40 heavy (non-hydrogen) atoms. The maximum Gasteiger partial charge on any atom is 0.242 e. The summed E-state index contributed by atoms with van der Waals surface area (Å²) >= 11 is 1.35. The number of nitrogens with zero attached hydrogens (tertiary/aromatic N) is 2. The van der Waals surface area contributed by atoms with Crippen molar-refractivity contribution in [2.75, 3.05) is 19.0 Å². The zero-order valence-corrected chi connectivity index (χ0v) is 23.1. The lowest BCUT2D eigenvalue weighted by Gasteiger charge is -2.22. The number of carbonyl (C=O) groups is 2. The van der Waals surface area contributed by atoms with Crippen LogP contribution in [-0.4, -0.2) is 40.8 Å². The van der Waals surface area contributed by atoms with E-state index in [1.807, 2.05) is 91.0 Å². The molecule has 202 valence electrons. The first-order valence-corrected chi connectivity index (χ1v) is 14.1. The van der Waals surface area contributed by atoms with Gasteiger partial charge in [0.05, 0.1) is 12.8 Å². The number of amidine groups is 1. The number of rotatable bonds is 10. The highest BCUT2D eigenvalue weighted by atomic mass is 32.2. The molecule has 0 radical (unpaired) electrons. The van der Waals surface area contributed by atoms with Crippen LogP contribution in [0.25, 0.3) is 0 Å². The van der Waals surface area contributed by atoms with Crippen LogP contribution in [-0.2, 0) is 9.59 Å². The molecule has 4 aromatic carbocycles. The van der Waals surface area contributed by atoms with Crippen molar-refractivity contribution in [1.82, 2.24) is 4.90 Å². The van der Waals surface area contributed by atoms with Crippen molar-refractivity contribution >= 4 is 40.1 Å². The number of ether oxygens (including phenoxy) is 1. The summed E-state index contributed by atoms with van der Waals surface area (Å²) in [6, 6.07) is 37.4. The van der Waals surface area contributed by atoms with Gasteiger partial charge in [0.2, 0.25) is 11.8 Å². The minimum atomic E-state index is -0.549. The fraction of sp³-hybridized carbons (Fsp3) is 0.182. The molecule has 5 rings (SSSR count). The van der Waals surface area contributed by atoms with Crippen molar-refractivity contribution in [2.24, 2.45) is 4.99 Å². The van der Waals surface area contributed by atoms with Gasteiger partial charge in [-0.1, -0.05) is 90.6 Å². The molecule has 1 aliphatic rings. The lowest BCUT2D eigenvalue weighted by Crippen LogP contribution is -2.35. The second-order valence-corrected chi connectivity index (χ2v) is 10.6. The van der Waals surface area contributed by atoms with Crippen LogP contribution in [0.4, 0.5) is 11.4 Å². The number of aliphatic imine (C=N–C) groups is 1. The highest BCUT2D eigenvalue weighted by molar-refractivity contribution is 8.15. The predicted molar refractivity (Wildman–Crippen MR) is 162 cm³/mol. The highest BCUT2D eigenvalue weighted by Crippen LogP contribution is 2.35. The third-order valence-corrected chi connectivity index (χ3v) is 7.97. The number of para-hydroxylation sites is 1. The molecule has 1 saturated heterocycles. The van der Waals surface area contributed by atoms with Crippen LogP contribution in [0.2, 0.25) is 0 Å². The summed E-state index contributed by atoms with van der Waals surface area (Å²) in [5.74, 6) is 0.553. The standard InChI is InChI=1S/C33H31N3O3S/c1-39-28-19-17-27(18-20-28)35-33-36(32(38)30(40-33)23-31(37)34-26-15-9-4-10-16-26)22-21-29(24-11-5-2-6-12-24)25-13-7-3-8-14-25/h2-20,29-30H,21-23H2,1H3,(H,34,37)/t30-/m1/s1. The average Bonchev–Trinajstić information content (AvgIpc) is 3.28. The molecule has 0 spiro atoms. The fourth-order valence-electron chi connectivity index (χ4n) is 4.75. The van der Waals surface area contributed by atoms with Gasteiger partial charge in [-0.05, 0) is 53.9 Å². The van der Waals surface area contributed by atoms with Crippen LogP contribution in [0.3, 0.4) is 0 Å². The Morgan fingerprint density at radius 3 is 2.02 bits per heavy atom. The topological polar surface area (TPSA) is 71.0 Å². The van der Waals surface area contributed by atoms with Crippen molar-refractivity contribution in [1.29, 1.82) is 0 Å². The molecule has 2 amide bonds. The lowest BCUT2D eigenvalue weighted by molar-refractivity contribution is -0.128. The number of amides is 2. The van der Waals surface area contributed by atoms with Crippen molar-refractivity contribution in [3.63, 3.8) is 0 Å². The third-order valence-electron chi connectivity index (χ3n) is 6.79. The SMILES string of the molecule is COc1ccc(N=C2S[C@H](CC(=O)Nc3ccccc3)C(=O)N2CCC(c2ccccc2)c2ccccc2)cc1. The van der Waals surface area contributed by atoms with Crippen LogP contribution >= 0.6 is 11.8 Å². The van der Waals surface area contributed by atoms with Gasteiger partial charge in [0.15, 0.2) is 5.17 Å². The van der Waals surface area contributed by atoms with E-state index in [9.17, 15) is 9.59 Å². The number of benzene rings is 4. The van der Waals surface area contributed by atoms with Gasteiger partial charge in [-0.15, -0.1) is 0 Å². The summed E-state index contributed by atoms with van der Waals surface area (Å²) in [5.41, 5.74) is 3.82. The van der Waals surface area contributed by atoms with Crippen molar-refractivity contribution in [2.45, 2.75) is 24.0 Å². The molecule has 6 nitrogen and oxygen atoms in total. The average molecular weight is 550 g/mol. The first kappa shape index (κ1) is 27.2. The second-order valence-electron chi connectivity index (χ2n) is 9.47. The summed E-state index contributed by atoms with van der Waals surface area (Å²) in [6.45, 7) is 0.478. The largest absolute Gasteiger partial charge is 0.497 e. The second kappa shape index (κ2) is 13.1. The van der Waals surface area contributed by atoms with Gasteiger partial charge < -0.3 is 10.1 Å². The Morgan fingerprint density at radius 1 is 0.875 bits per heavy atom. The summed E-state index contributed by atoms with van der Waals surface area (Å²) in [7, 11) is 1.62. The Bertz CT molecular complexity index is 1410. The predicted octanol–water partition coefficient (Wildman–Crippen LogP) is 6.88. The fourth-order valence-corrected chi connectivity index (χ4v) is 5.94. The van der Waals surface area contributed by atoms with Gasteiger partial charge in [0.1, 0.15) is 11.0 Å². The van der Waals surface area contributed by atoms with Gasteiger partial charge in [-0.3, -0.25) is 14.5 Å². The van der Waals surface area contributed by atoms with Crippen LogP contribution in [0.15, 0.2) is 120 Å². The van der Waals surface area contributed by atoms with E-state index in [1.54, 1.807) is 12.0 Å². The van der Waals surface area contributed by atoms with E-state index in [0.29, 0.717) is 23.8 Å². The number of thioether (sulfide) groups is 1. The number of hydrogen-bond acceptors (Lipinski definition) is 5. The quantitative estimate of drug-likeness (QED) is 0.234. The van der Waals surface area contributed by atoms with Crippen molar-refractivity contribution < 1.29 is 14.3 Å². The molecule has 0 bridgehead atoms. The van der Waals surface area contributed by atoms with Crippen LogP contribution < -0.4 is 10.1 Å². The smallest absolute Gasteiger partial charge is 0.242 e. The van der Waals surface area contributed by atoms with Gasteiger partial charge in [-0.2, -0.15) is 0 Å². The summed E-state index contributed by atoms with van der Waals surface area (Å²) in [6.07, 6.45) is 0.780. The van der Waals surface area contributed by atoms with E-state index in [-0.39, 0.29) is 24.2 Å².